The minimum atomic E-state index is 0.189. The predicted octanol–water partition coefficient (Wildman–Crippen LogP) is 4.47. The molecular formula is C19H22N4S. The van der Waals surface area contributed by atoms with E-state index in [0.29, 0.717) is 0 Å². The van der Waals surface area contributed by atoms with E-state index in [2.05, 4.69) is 60.2 Å². The predicted molar refractivity (Wildman–Crippen MR) is 98.9 cm³/mol. The van der Waals surface area contributed by atoms with Crippen molar-refractivity contribution in [3.05, 3.63) is 59.9 Å². The Labute approximate surface area is 147 Å². The van der Waals surface area contributed by atoms with Gasteiger partial charge < -0.3 is 4.57 Å². The summed E-state index contributed by atoms with van der Waals surface area (Å²) in [4.78, 5) is 4.04. The molecule has 0 unspecified atom stereocenters. The summed E-state index contributed by atoms with van der Waals surface area (Å²) >= 11 is 1.70. The van der Waals surface area contributed by atoms with Gasteiger partial charge in [-0.05, 0) is 28.7 Å². The van der Waals surface area contributed by atoms with E-state index < -0.39 is 0 Å². The number of thioether (sulfide) groups is 1. The molecule has 0 atom stereocenters. The van der Waals surface area contributed by atoms with Crippen LogP contribution in [0.15, 0.2) is 53.9 Å². The number of rotatable bonds is 4. The van der Waals surface area contributed by atoms with Crippen LogP contribution in [0.4, 0.5) is 0 Å². The normalized spacial score (nSPS) is 11.7. The molecule has 3 rings (SSSR count). The van der Waals surface area contributed by atoms with Crippen LogP contribution in [-0.2, 0) is 18.2 Å². The van der Waals surface area contributed by atoms with Gasteiger partial charge in [-0.25, -0.2) is 0 Å². The third-order valence-electron chi connectivity index (χ3n) is 3.96. The van der Waals surface area contributed by atoms with Crippen LogP contribution >= 0.6 is 11.8 Å². The zero-order valence-corrected chi connectivity index (χ0v) is 15.3. The lowest BCUT2D eigenvalue weighted by Gasteiger charge is -2.19. The summed E-state index contributed by atoms with van der Waals surface area (Å²) in [5, 5.41) is 9.55. The molecule has 0 aliphatic heterocycles. The van der Waals surface area contributed by atoms with Crippen LogP contribution in [0.25, 0.3) is 11.4 Å². The second-order valence-electron chi connectivity index (χ2n) is 6.84. The molecule has 1 aromatic carbocycles. The number of hydrogen-bond donors (Lipinski definition) is 0. The Bertz CT molecular complexity index is 802. The second-order valence-corrected chi connectivity index (χ2v) is 7.78. The van der Waals surface area contributed by atoms with E-state index in [0.717, 1.165) is 22.3 Å². The van der Waals surface area contributed by atoms with Gasteiger partial charge in [0.15, 0.2) is 11.0 Å². The Morgan fingerprint density at radius 2 is 1.62 bits per heavy atom. The van der Waals surface area contributed by atoms with E-state index in [1.54, 1.807) is 24.2 Å². The first kappa shape index (κ1) is 16.7. The maximum absolute atomic E-state index is 4.32. The highest BCUT2D eigenvalue weighted by atomic mass is 32.2. The zero-order chi connectivity index (χ0) is 17.2. The lowest BCUT2D eigenvalue weighted by Crippen LogP contribution is -2.10. The molecule has 2 aromatic heterocycles. The monoisotopic (exact) mass is 338 g/mol. The van der Waals surface area contributed by atoms with Gasteiger partial charge in [-0.1, -0.05) is 56.8 Å². The third-order valence-corrected chi connectivity index (χ3v) is 5.05. The molecule has 3 aromatic rings. The van der Waals surface area contributed by atoms with Crippen LogP contribution in [0.3, 0.4) is 0 Å². The van der Waals surface area contributed by atoms with Gasteiger partial charge in [0.2, 0.25) is 0 Å². The van der Waals surface area contributed by atoms with Crippen molar-refractivity contribution >= 4 is 11.8 Å². The first-order valence-corrected chi connectivity index (χ1v) is 8.96. The third kappa shape index (κ3) is 3.67. The summed E-state index contributed by atoms with van der Waals surface area (Å²) in [6, 6.07) is 12.7. The zero-order valence-electron chi connectivity index (χ0n) is 14.5. The smallest absolute Gasteiger partial charge is 0.191 e. The van der Waals surface area contributed by atoms with Gasteiger partial charge in [-0.15, -0.1) is 10.2 Å². The fourth-order valence-electron chi connectivity index (χ4n) is 2.44. The van der Waals surface area contributed by atoms with Crippen LogP contribution in [0.2, 0.25) is 0 Å². The Kier molecular flexibility index (Phi) is 4.71. The molecule has 0 saturated heterocycles. The number of nitrogens with zero attached hydrogens (tertiary/aromatic N) is 4. The van der Waals surface area contributed by atoms with Gasteiger partial charge in [-0.2, -0.15) is 0 Å². The summed E-state index contributed by atoms with van der Waals surface area (Å²) in [6.45, 7) is 6.70. The Morgan fingerprint density at radius 3 is 2.25 bits per heavy atom. The van der Waals surface area contributed by atoms with Crippen molar-refractivity contribution in [1.82, 2.24) is 19.7 Å². The minimum Gasteiger partial charge on any atom is -0.305 e. The van der Waals surface area contributed by atoms with Gasteiger partial charge in [0, 0.05) is 30.8 Å². The molecule has 0 saturated carbocycles. The summed E-state index contributed by atoms with van der Waals surface area (Å²) in [7, 11) is 2.00. The summed E-state index contributed by atoms with van der Waals surface area (Å²) < 4.78 is 2.03. The average Bonchev–Trinajstić information content (AvgIpc) is 2.94. The fraction of sp³-hybridized carbons (Fsp3) is 0.316. The second kappa shape index (κ2) is 6.77. The van der Waals surface area contributed by atoms with Crippen molar-refractivity contribution in [2.24, 2.45) is 7.05 Å². The molecule has 2 heterocycles. The highest BCUT2D eigenvalue weighted by Crippen LogP contribution is 2.27. The van der Waals surface area contributed by atoms with Crippen molar-refractivity contribution in [3.8, 4) is 11.4 Å². The summed E-state index contributed by atoms with van der Waals surface area (Å²) in [6.07, 6.45) is 3.54. The average molecular weight is 338 g/mol. The maximum Gasteiger partial charge on any atom is 0.191 e. The van der Waals surface area contributed by atoms with Crippen LogP contribution in [0.1, 0.15) is 31.9 Å². The van der Waals surface area contributed by atoms with Gasteiger partial charge in [0.05, 0.1) is 0 Å². The van der Waals surface area contributed by atoms with E-state index in [-0.39, 0.29) is 5.41 Å². The van der Waals surface area contributed by atoms with Crippen LogP contribution in [-0.4, -0.2) is 19.7 Å². The SMILES string of the molecule is Cn1c(SCc2ccc(C(C)(C)C)cc2)nnc1-c1ccncc1. The highest BCUT2D eigenvalue weighted by molar-refractivity contribution is 7.98. The number of pyridine rings is 1. The molecule has 0 amide bonds. The molecular weight excluding hydrogens is 316 g/mol. The van der Waals surface area contributed by atoms with E-state index >= 15 is 0 Å². The van der Waals surface area contributed by atoms with Crippen molar-refractivity contribution in [2.75, 3.05) is 0 Å². The van der Waals surface area contributed by atoms with Crippen molar-refractivity contribution < 1.29 is 0 Å². The molecule has 0 radical (unpaired) electrons. The Hall–Kier alpha value is -2.14. The van der Waals surface area contributed by atoms with E-state index in [9.17, 15) is 0 Å². The lowest BCUT2D eigenvalue weighted by atomic mass is 9.87. The van der Waals surface area contributed by atoms with Crippen molar-refractivity contribution in [2.45, 2.75) is 37.1 Å². The largest absolute Gasteiger partial charge is 0.305 e. The Balaban J connectivity index is 1.71. The minimum absolute atomic E-state index is 0.189. The molecule has 0 N–H and O–H groups in total. The van der Waals surface area contributed by atoms with Gasteiger partial charge in [0.25, 0.3) is 0 Å². The van der Waals surface area contributed by atoms with Crippen LogP contribution < -0.4 is 0 Å². The Morgan fingerprint density at radius 1 is 0.958 bits per heavy atom. The summed E-state index contributed by atoms with van der Waals surface area (Å²) in [5.41, 5.74) is 3.87. The first-order valence-electron chi connectivity index (χ1n) is 7.97. The number of benzene rings is 1. The number of aromatic nitrogens is 4. The van der Waals surface area contributed by atoms with E-state index in [4.69, 9.17) is 0 Å². The van der Waals surface area contributed by atoms with Crippen LogP contribution in [0.5, 0.6) is 0 Å². The standard InChI is InChI=1S/C19H22N4S/c1-19(2,3)16-7-5-14(6-8-16)13-24-18-22-21-17(23(18)4)15-9-11-20-12-10-15/h5-12H,13H2,1-4H3. The van der Waals surface area contributed by atoms with E-state index in [1.807, 2.05) is 23.7 Å². The summed E-state index contributed by atoms with van der Waals surface area (Å²) in [5.74, 6) is 1.75. The highest BCUT2D eigenvalue weighted by Gasteiger charge is 2.14. The molecule has 124 valence electrons. The molecule has 0 fully saturated rings. The molecule has 0 aliphatic carbocycles. The molecule has 24 heavy (non-hydrogen) atoms. The molecule has 0 bridgehead atoms. The molecule has 0 spiro atoms. The quantitative estimate of drug-likeness (QED) is 0.659. The first-order chi connectivity index (χ1) is 11.4. The lowest BCUT2D eigenvalue weighted by molar-refractivity contribution is 0.590. The maximum atomic E-state index is 4.32. The van der Waals surface area contributed by atoms with Gasteiger partial charge in [-0.3, -0.25) is 4.98 Å². The fourth-order valence-corrected chi connectivity index (χ4v) is 3.31. The molecule has 0 aliphatic rings. The van der Waals surface area contributed by atoms with Gasteiger partial charge in [0.1, 0.15) is 0 Å². The van der Waals surface area contributed by atoms with E-state index in [1.165, 1.54) is 11.1 Å². The van der Waals surface area contributed by atoms with Crippen molar-refractivity contribution in [1.29, 1.82) is 0 Å². The van der Waals surface area contributed by atoms with Crippen LogP contribution in [0, 0.1) is 0 Å². The molecule has 4 nitrogen and oxygen atoms in total. The molecule has 5 heteroatoms. The number of hydrogen-bond acceptors (Lipinski definition) is 4. The van der Waals surface area contributed by atoms with Gasteiger partial charge >= 0.3 is 0 Å². The topological polar surface area (TPSA) is 43.6 Å². The van der Waals surface area contributed by atoms with Crippen molar-refractivity contribution in [3.63, 3.8) is 0 Å².